The molecule has 0 saturated carbocycles. The largest absolute Gasteiger partial charge is 0.458 e. The van der Waals surface area contributed by atoms with Gasteiger partial charge in [-0.1, -0.05) is 11.6 Å². The summed E-state index contributed by atoms with van der Waals surface area (Å²) in [4.78, 5) is 2.29. The second kappa shape index (κ2) is 5.74. The van der Waals surface area contributed by atoms with Crippen LogP contribution in [0.3, 0.4) is 0 Å². The summed E-state index contributed by atoms with van der Waals surface area (Å²) >= 11 is 5.95. The second-order valence-corrected chi connectivity index (χ2v) is 5.88. The molecule has 2 atom stereocenters. The molecule has 1 aromatic carbocycles. The van der Waals surface area contributed by atoms with E-state index in [2.05, 4.69) is 4.90 Å². The van der Waals surface area contributed by atoms with Crippen LogP contribution in [0, 0.1) is 0 Å². The molecule has 2 heterocycles. The SMILES string of the molecule is N[C@H](CN1CCCC1)C(O)c1cc2cc(Cl)ccc2o1. The van der Waals surface area contributed by atoms with Crippen LogP contribution in [0.2, 0.25) is 5.02 Å². The highest BCUT2D eigenvalue weighted by Gasteiger charge is 2.24. The van der Waals surface area contributed by atoms with E-state index in [1.165, 1.54) is 12.8 Å². The molecule has 0 aliphatic carbocycles. The first-order valence-electron chi connectivity index (χ1n) is 6.98. The molecule has 2 aromatic rings. The maximum atomic E-state index is 10.3. The third-order valence-corrected chi connectivity index (χ3v) is 4.10. The summed E-state index contributed by atoms with van der Waals surface area (Å²) < 4.78 is 5.66. The van der Waals surface area contributed by atoms with Crippen molar-refractivity contribution in [3.63, 3.8) is 0 Å². The average molecular weight is 295 g/mol. The number of aliphatic hydroxyl groups is 1. The van der Waals surface area contributed by atoms with Crippen LogP contribution >= 0.6 is 11.6 Å². The van der Waals surface area contributed by atoms with Gasteiger partial charge in [0.1, 0.15) is 17.4 Å². The van der Waals surface area contributed by atoms with Crippen molar-refractivity contribution in [2.24, 2.45) is 5.73 Å². The summed E-state index contributed by atoms with van der Waals surface area (Å²) in [6, 6.07) is 6.87. The van der Waals surface area contributed by atoms with E-state index in [4.69, 9.17) is 21.8 Å². The second-order valence-electron chi connectivity index (χ2n) is 5.45. The molecule has 1 saturated heterocycles. The van der Waals surface area contributed by atoms with Crippen molar-refractivity contribution in [1.29, 1.82) is 0 Å². The molecular weight excluding hydrogens is 276 g/mol. The Balaban J connectivity index is 1.75. The highest BCUT2D eigenvalue weighted by Crippen LogP contribution is 2.27. The topological polar surface area (TPSA) is 62.6 Å². The first-order valence-corrected chi connectivity index (χ1v) is 7.36. The van der Waals surface area contributed by atoms with Gasteiger partial charge in [-0.3, -0.25) is 0 Å². The molecule has 3 rings (SSSR count). The van der Waals surface area contributed by atoms with Gasteiger partial charge in [-0.05, 0) is 50.2 Å². The number of fused-ring (bicyclic) bond motifs is 1. The summed E-state index contributed by atoms with van der Waals surface area (Å²) in [7, 11) is 0. The van der Waals surface area contributed by atoms with E-state index in [-0.39, 0.29) is 6.04 Å². The lowest BCUT2D eigenvalue weighted by atomic mass is 10.1. The van der Waals surface area contributed by atoms with E-state index in [0.29, 0.717) is 17.3 Å². The molecule has 4 nitrogen and oxygen atoms in total. The van der Waals surface area contributed by atoms with Crippen molar-refractivity contribution < 1.29 is 9.52 Å². The van der Waals surface area contributed by atoms with Crippen LogP contribution in [0.4, 0.5) is 0 Å². The number of benzene rings is 1. The first kappa shape index (κ1) is 13.9. The van der Waals surface area contributed by atoms with Crippen LogP contribution in [0.25, 0.3) is 11.0 Å². The monoisotopic (exact) mass is 294 g/mol. The van der Waals surface area contributed by atoms with Crippen LogP contribution < -0.4 is 5.73 Å². The summed E-state index contributed by atoms with van der Waals surface area (Å²) in [6.45, 7) is 2.82. The molecule has 1 fully saturated rings. The Kier molecular flexibility index (Phi) is 3.98. The Morgan fingerprint density at radius 3 is 2.80 bits per heavy atom. The maximum Gasteiger partial charge on any atom is 0.135 e. The van der Waals surface area contributed by atoms with Crippen LogP contribution in [-0.2, 0) is 0 Å². The Bertz CT molecular complexity index is 593. The molecule has 1 aliphatic rings. The van der Waals surface area contributed by atoms with E-state index < -0.39 is 6.10 Å². The number of aliphatic hydroxyl groups excluding tert-OH is 1. The Morgan fingerprint density at radius 2 is 2.05 bits per heavy atom. The number of furan rings is 1. The molecular formula is C15H19ClN2O2. The number of rotatable bonds is 4. The third kappa shape index (κ3) is 2.83. The van der Waals surface area contributed by atoms with E-state index in [9.17, 15) is 5.11 Å². The first-order chi connectivity index (χ1) is 9.63. The minimum Gasteiger partial charge on any atom is -0.458 e. The van der Waals surface area contributed by atoms with E-state index in [1.807, 2.05) is 12.1 Å². The lowest BCUT2D eigenvalue weighted by Gasteiger charge is -2.23. The molecule has 5 heteroatoms. The number of nitrogens with two attached hydrogens (primary N) is 1. The Labute approximate surface area is 123 Å². The fourth-order valence-corrected chi connectivity index (χ4v) is 2.94. The molecule has 0 amide bonds. The van der Waals surface area contributed by atoms with Crippen molar-refractivity contribution in [1.82, 2.24) is 4.90 Å². The Morgan fingerprint density at radius 1 is 1.30 bits per heavy atom. The predicted octanol–water partition coefficient (Wildman–Crippen LogP) is 2.54. The number of nitrogens with zero attached hydrogens (tertiary/aromatic N) is 1. The van der Waals surface area contributed by atoms with Crippen molar-refractivity contribution in [3.8, 4) is 0 Å². The zero-order valence-corrected chi connectivity index (χ0v) is 12.0. The van der Waals surface area contributed by atoms with Crippen molar-refractivity contribution in [2.45, 2.75) is 25.0 Å². The van der Waals surface area contributed by atoms with Gasteiger partial charge < -0.3 is 20.2 Å². The van der Waals surface area contributed by atoms with Gasteiger partial charge in [-0.2, -0.15) is 0 Å². The number of halogens is 1. The standard InChI is InChI=1S/C15H19ClN2O2/c16-11-3-4-13-10(7-11)8-14(20-13)15(19)12(17)9-18-5-1-2-6-18/h3-4,7-8,12,15,19H,1-2,5-6,9,17H2/t12-,15?/m1/s1. The van der Waals surface area contributed by atoms with Crippen LogP contribution in [0.5, 0.6) is 0 Å². The summed E-state index contributed by atoms with van der Waals surface area (Å²) in [5.41, 5.74) is 6.82. The highest BCUT2D eigenvalue weighted by molar-refractivity contribution is 6.31. The molecule has 0 radical (unpaired) electrons. The summed E-state index contributed by atoms with van der Waals surface area (Å²) in [6.07, 6.45) is 1.64. The van der Waals surface area contributed by atoms with Gasteiger partial charge in [0.25, 0.3) is 0 Å². The lowest BCUT2D eigenvalue weighted by molar-refractivity contribution is 0.106. The van der Waals surface area contributed by atoms with Gasteiger partial charge in [0.05, 0.1) is 6.04 Å². The minimum atomic E-state index is -0.790. The zero-order valence-electron chi connectivity index (χ0n) is 11.3. The molecule has 1 aromatic heterocycles. The van der Waals surface area contributed by atoms with Gasteiger partial charge in [0.15, 0.2) is 0 Å². The molecule has 0 bridgehead atoms. The number of likely N-dealkylation sites (tertiary alicyclic amines) is 1. The van der Waals surface area contributed by atoms with E-state index in [0.717, 1.165) is 24.1 Å². The van der Waals surface area contributed by atoms with Gasteiger partial charge in [-0.15, -0.1) is 0 Å². The number of hydrogen-bond acceptors (Lipinski definition) is 4. The van der Waals surface area contributed by atoms with Crippen molar-refractivity contribution in [3.05, 3.63) is 35.0 Å². The van der Waals surface area contributed by atoms with Crippen molar-refractivity contribution >= 4 is 22.6 Å². The molecule has 20 heavy (non-hydrogen) atoms. The van der Waals surface area contributed by atoms with Crippen LogP contribution in [0.15, 0.2) is 28.7 Å². The molecule has 1 unspecified atom stereocenters. The zero-order chi connectivity index (χ0) is 14.1. The van der Waals surface area contributed by atoms with E-state index >= 15 is 0 Å². The fourth-order valence-electron chi connectivity index (χ4n) is 2.75. The lowest BCUT2D eigenvalue weighted by Crippen LogP contribution is -2.40. The summed E-state index contributed by atoms with van der Waals surface area (Å²) in [5, 5.41) is 11.9. The van der Waals surface area contributed by atoms with Gasteiger partial charge in [0.2, 0.25) is 0 Å². The van der Waals surface area contributed by atoms with E-state index in [1.54, 1.807) is 12.1 Å². The Hall–Kier alpha value is -1.07. The maximum absolute atomic E-state index is 10.3. The van der Waals surface area contributed by atoms with Gasteiger partial charge in [-0.25, -0.2) is 0 Å². The van der Waals surface area contributed by atoms with Crippen molar-refractivity contribution in [2.75, 3.05) is 19.6 Å². The van der Waals surface area contributed by atoms with Gasteiger partial charge in [0, 0.05) is 17.0 Å². The van der Waals surface area contributed by atoms with Crippen LogP contribution in [-0.4, -0.2) is 35.7 Å². The normalized spacial score (nSPS) is 19.6. The predicted molar refractivity (Wildman–Crippen MR) is 79.8 cm³/mol. The quantitative estimate of drug-likeness (QED) is 0.910. The fraction of sp³-hybridized carbons (Fsp3) is 0.467. The smallest absolute Gasteiger partial charge is 0.135 e. The molecule has 1 aliphatic heterocycles. The number of hydrogen-bond donors (Lipinski definition) is 2. The van der Waals surface area contributed by atoms with Gasteiger partial charge >= 0.3 is 0 Å². The minimum absolute atomic E-state index is 0.343. The van der Waals surface area contributed by atoms with Crippen LogP contribution in [0.1, 0.15) is 24.7 Å². The molecule has 0 spiro atoms. The third-order valence-electron chi connectivity index (χ3n) is 3.86. The molecule has 3 N–H and O–H groups in total. The highest BCUT2D eigenvalue weighted by atomic mass is 35.5. The summed E-state index contributed by atoms with van der Waals surface area (Å²) in [5.74, 6) is 0.508. The molecule has 108 valence electrons. The average Bonchev–Trinajstić information content (AvgIpc) is 3.06.